The number of benzene rings is 6. The number of pyridine rings is 1. The smallest absolute Gasteiger partial charge is 0.160 e. The highest BCUT2D eigenvalue weighted by molar-refractivity contribution is 6.10. The van der Waals surface area contributed by atoms with E-state index in [1.54, 1.807) is 0 Å². The summed E-state index contributed by atoms with van der Waals surface area (Å²) in [5.41, 5.74) is 10.5. The van der Waals surface area contributed by atoms with E-state index in [9.17, 15) is 0 Å². The maximum absolute atomic E-state index is 6.32. The van der Waals surface area contributed by atoms with Crippen LogP contribution in [0.2, 0.25) is 0 Å². The third-order valence-corrected chi connectivity index (χ3v) is 8.50. The van der Waals surface area contributed by atoms with Crippen LogP contribution in [0, 0.1) is 0 Å². The van der Waals surface area contributed by atoms with Gasteiger partial charge in [0.05, 0.1) is 16.9 Å². The van der Waals surface area contributed by atoms with Crippen molar-refractivity contribution >= 4 is 43.7 Å². The van der Waals surface area contributed by atoms with Crippen LogP contribution in [0.4, 0.5) is 0 Å². The van der Waals surface area contributed by atoms with Gasteiger partial charge in [0.1, 0.15) is 16.7 Å². The third-order valence-electron chi connectivity index (χ3n) is 8.50. The standard InChI is InChI=1S/C41H25N3O/c1-3-10-27(11-4-1)35-25-23-29-22-24-34-37(28-12-5-2-6-13-28)43-41(44-39(34)38(29)42-35)30-20-18-26(19-21-30)31-15-9-16-33-32-14-7-8-17-36(32)45-40(31)33/h1-25H. The van der Waals surface area contributed by atoms with E-state index in [0.29, 0.717) is 5.82 Å². The molecule has 6 aromatic carbocycles. The van der Waals surface area contributed by atoms with Crippen LogP contribution < -0.4 is 0 Å². The summed E-state index contributed by atoms with van der Waals surface area (Å²) in [6.07, 6.45) is 0. The van der Waals surface area contributed by atoms with Crippen LogP contribution in [0.3, 0.4) is 0 Å². The highest BCUT2D eigenvalue weighted by atomic mass is 16.3. The fraction of sp³-hybridized carbons (Fsp3) is 0. The summed E-state index contributed by atoms with van der Waals surface area (Å²) in [4.78, 5) is 15.5. The van der Waals surface area contributed by atoms with Crippen molar-refractivity contribution in [3.8, 4) is 45.0 Å². The van der Waals surface area contributed by atoms with Gasteiger partial charge in [0.2, 0.25) is 0 Å². The van der Waals surface area contributed by atoms with Gasteiger partial charge in [-0.3, -0.25) is 0 Å². The maximum atomic E-state index is 6.32. The molecule has 0 radical (unpaired) electrons. The van der Waals surface area contributed by atoms with Gasteiger partial charge in [-0.2, -0.15) is 0 Å². The Kier molecular flexibility index (Phi) is 5.78. The first-order valence-corrected chi connectivity index (χ1v) is 15.0. The molecule has 0 saturated carbocycles. The quantitative estimate of drug-likeness (QED) is 0.196. The molecule has 0 aliphatic heterocycles. The molecule has 0 unspecified atom stereocenters. The topological polar surface area (TPSA) is 51.8 Å². The molecular weight excluding hydrogens is 550 g/mol. The van der Waals surface area contributed by atoms with Crippen molar-refractivity contribution in [2.45, 2.75) is 0 Å². The lowest BCUT2D eigenvalue weighted by Gasteiger charge is -2.12. The molecule has 0 aliphatic carbocycles. The normalized spacial score (nSPS) is 11.6. The van der Waals surface area contributed by atoms with Crippen molar-refractivity contribution in [3.63, 3.8) is 0 Å². The van der Waals surface area contributed by atoms with E-state index in [-0.39, 0.29) is 0 Å². The summed E-state index contributed by atoms with van der Waals surface area (Å²) < 4.78 is 6.32. The van der Waals surface area contributed by atoms with Crippen molar-refractivity contribution in [1.82, 2.24) is 15.0 Å². The first kappa shape index (κ1) is 25.4. The van der Waals surface area contributed by atoms with Crippen LogP contribution in [-0.2, 0) is 0 Å². The molecule has 0 N–H and O–H groups in total. The fourth-order valence-electron chi connectivity index (χ4n) is 6.26. The van der Waals surface area contributed by atoms with Crippen LogP contribution in [0.1, 0.15) is 0 Å². The molecule has 3 heterocycles. The average molecular weight is 576 g/mol. The number of furan rings is 1. The monoisotopic (exact) mass is 575 g/mol. The molecule has 0 spiro atoms. The second-order valence-corrected chi connectivity index (χ2v) is 11.2. The van der Waals surface area contributed by atoms with Crippen molar-refractivity contribution in [2.75, 3.05) is 0 Å². The van der Waals surface area contributed by atoms with Gasteiger partial charge in [-0.05, 0) is 23.8 Å². The number of rotatable bonds is 4. The predicted octanol–water partition coefficient (Wildman–Crippen LogP) is 10.7. The van der Waals surface area contributed by atoms with Gasteiger partial charge in [-0.25, -0.2) is 15.0 Å². The molecule has 0 saturated heterocycles. The van der Waals surface area contributed by atoms with E-state index >= 15 is 0 Å². The Labute approximate surface area is 259 Å². The molecule has 4 nitrogen and oxygen atoms in total. The molecule has 210 valence electrons. The summed E-state index contributed by atoms with van der Waals surface area (Å²) in [6.45, 7) is 0. The first-order valence-electron chi connectivity index (χ1n) is 15.0. The summed E-state index contributed by atoms with van der Waals surface area (Å²) in [5, 5.41) is 4.26. The zero-order valence-corrected chi connectivity index (χ0v) is 24.2. The molecule has 0 bridgehead atoms. The summed E-state index contributed by atoms with van der Waals surface area (Å²) in [7, 11) is 0. The van der Waals surface area contributed by atoms with Gasteiger partial charge in [0, 0.05) is 43.8 Å². The minimum atomic E-state index is 0.661. The van der Waals surface area contributed by atoms with Crippen LogP contribution in [-0.4, -0.2) is 15.0 Å². The predicted molar refractivity (Wildman–Crippen MR) is 184 cm³/mol. The van der Waals surface area contributed by atoms with Gasteiger partial charge < -0.3 is 4.42 Å². The Bertz CT molecular complexity index is 2520. The third kappa shape index (κ3) is 4.27. The van der Waals surface area contributed by atoms with Gasteiger partial charge in [0.15, 0.2) is 5.82 Å². The van der Waals surface area contributed by atoms with Crippen molar-refractivity contribution in [3.05, 3.63) is 152 Å². The zero-order valence-electron chi connectivity index (χ0n) is 24.2. The number of aromatic nitrogens is 3. The van der Waals surface area contributed by atoms with Gasteiger partial charge in [0.25, 0.3) is 0 Å². The second kappa shape index (κ2) is 10.2. The Hall–Kier alpha value is -6.13. The minimum absolute atomic E-state index is 0.661. The number of fused-ring (bicyclic) bond motifs is 6. The fourth-order valence-corrected chi connectivity index (χ4v) is 6.26. The van der Waals surface area contributed by atoms with Gasteiger partial charge in [-0.15, -0.1) is 0 Å². The molecule has 0 atom stereocenters. The van der Waals surface area contributed by atoms with E-state index in [1.165, 1.54) is 0 Å². The summed E-state index contributed by atoms with van der Waals surface area (Å²) >= 11 is 0. The molecule has 3 aromatic heterocycles. The van der Waals surface area contributed by atoms with Crippen LogP contribution in [0.15, 0.2) is 156 Å². The molecule has 0 amide bonds. The van der Waals surface area contributed by atoms with Crippen LogP contribution in [0.25, 0.3) is 88.8 Å². The highest BCUT2D eigenvalue weighted by Crippen LogP contribution is 2.37. The number of para-hydroxylation sites is 2. The molecule has 45 heavy (non-hydrogen) atoms. The van der Waals surface area contributed by atoms with Crippen molar-refractivity contribution in [1.29, 1.82) is 0 Å². The number of nitrogens with zero attached hydrogens (tertiary/aromatic N) is 3. The number of hydrogen-bond acceptors (Lipinski definition) is 4. The Morgan fingerprint density at radius 2 is 1.09 bits per heavy atom. The van der Waals surface area contributed by atoms with E-state index < -0.39 is 0 Å². The maximum Gasteiger partial charge on any atom is 0.160 e. The molecule has 9 rings (SSSR count). The Balaban J connectivity index is 1.22. The molecule has 9 aromatic rings. The lowest BCUT2D eigenvalue weighted by molar-refractivity contribution is 0.670. The van der Waals surface area contributed by atoms with Gasteiger partial charge in [-0.1, -0.05) is 133 Å². The summed E-state index contributed by atoms with van der Waals surface area (Å²) in [5.74, 6) is 0.661. The Morgan fingerprint density at radius 1 is 0.400 bits per heavy atom. The molecule has 0 aliphatic rings. The molecule has 0 fully saturated rings. The SMILES string of the molecule is c1ccc(-c2ccc3ccc4c(-c5ccccc5)nc(-c5ccc(-c6cccc7c6oc6ccccc67)cc5)nc4c3n2)cc1. The lowest BCUT2D eigenvalue weighted by Crippen LogP contribution is -1.97. The first-order chi connectivity index (χ1) is 22.3. The van der Waals surface area contributed by atoms with Crippen LogP contribution in [0.5, 0.6) is 0 Å². The zero-order chi connectivity index (χ0) is 29.7. The molecule has 4 heteroatoms. The van der Waals surface area contributed by atoms with Crippen molar-refractivity contribution in [2.24, 2.45) is 0 Å². The lowest BCUT2D eigenvalue weighted by atomic mass is 10.0. The second-order valence-electron chi connectivity index (χ2n) is 11.2. The minimum Gasteiger partial charge on any atom is -0.455 e. The largest absolute Gasteiger partial charge is 0.455 e. The van der Waals surface area contributed by atoms with Crippen LogP contribution >= 0.6 is 0 Å². The Morgan fingerprint density at radius 3 is 1.91 bits per heavy atom. The van der Waals surface area contributed by atoms with E-state index in [4.69, 9.17) is 19.4 Å². The highest BCUT2D eigenvalue weighted by Gasteiger charge is 2.16. The average Bonchev–Trinajstić information content (AvgIpc) is 3.51. The van der Waals surface area contributed by atoms with E-state index in [2.05, 4.69) is 97.1 Å². The summed E-state index contributed by atoms with van der Waals surface area (Å²) in [6, 6.07) is 52.0. The van der Waals surface area contributed by atoms with E-state index in [1.807, 2.05) is 54.6 Å². The van der Waals surface area contributed by atoms with E-state index in [0.717, 1.165) is 82.9 Å². The molecular formula is C41H25N3O. The van der Waals surface area contributed by atoms with Gasteiger partial charge >= 0.3 is 0 Å². The van der Waals surface area contributed by atoms with Crippen molar-refractivity contribution < 1.29 is 4.42 Å². The number of hydrogen-bond donors (Lipinski definition) is 0.